The van der Waals surface area contributed by atoms with Crippen LogP contribution in [0.25, 0.3) is 0 Å². The Morgan fingerprint density at radius 2 is 1.92 bits per heavy atom. The predicted molar refractivity (Wildman–Crippen MR) is 53.0 cm³/mol. The quantitative estimate of drug-likeness (QED) is 0.723. The Hall–Kier alpha value is -0.990. The number of aromatic nitrogens is 2. The summed E-state index contributed by atoms with van der Waals surface area (Å²) in [4.78, 5) is 0. The lowest BCUT2D eigenvalue weighted by Gasteiger charge is -2.21. The number of hydrogen-bond donors (Lipinski definition) is 1. The van der Waals surface area contributed by atoms with Crippen molar-refractivity contribution in [2.24, 2.45) is 0 Å². The first kappa shape index (κ1) is 10.1. The highest BCUT2D eigenvalue weighted by atomic mass is 16.3. The summed E-state index contributed by atoms with van der Waals surface area (Å²) in [6.45, 7) is 10.1. The maximum absolute atomic E-state index is 9.70. The fraction of sp³-hybridized carbons (Fsp3) is 0.700. The number of aromatic hydroxyl groups is 1. The molecule has 1 N–H and O–H groups in total. The summed E-state index contributed by atoms with van der Waals surface area (Å²) in [7, 11) is 0. The Morgan fingerprint density at radius 1 is 1.38 bits per heavy atom. The molecule has 0 aliphatic heterocycles. The standard InChI is InChI=1S/C10H18N2O/c1-6-8-9(13)7(2)11-12(8)10(3,4)5/h13H,6H2,1-5H3. The second-order valence-electron chi connectivity index (χ2n) is 4.32. The Morgan fingerprint density at radius 3 is 2.23 bits per heavy atom. The molecule has 0 bridgehead atoms. The van der Waals surface area contributed by atoms with Crippen LogP contribution < -0.4 is 0 Å². The fourth-order valence-electron chi connectivity index (χ4n) is 1.44. The minimum Gasteiger partial charge on any atom is -0.504 e. The molecule has 0 atom stereocenters. The van der Waals surface area contributed by atoms with Crippen LogP contribution in [0.1, 0.15) is 39.1 Å². The Kier molecular flexibility index (Phi) is 2.37. The fourth-order valence-corrected chi connectivity index (χ4v) is 1.44. The van der Waals surface area contributed by atoms with Crippen molar-refractivity contribution in [2.75, 3.05) is 0 Å². The molecule has 0 aliphatic carbocycles. The van der Waals surface area contributed by atoms with E-state index in [-0.39, 0.29) is 5.54 Å². The van der Waals surface area contributed by atoms with Crippen LogP contribution in [0.4, 0.5) is 0 Å². The molecule has 1 aromatic rings. The van der Waals surface area contributed by atoms with Crippen LogP contribution in [0.15, 0.2) is 0 Å². The van der Waals surface area contributed by atoms with Crippen LogP contribution in [0.3, 0.4) is 0 Å². The molecular weight excluding hydrogens is 164 g/mol. The molecular formula is C10H18N2O. The monoisotopic (exact) mass is 182 g/mol. The second kappa shape index (κ2) is 3.05. The highest BCUT2D eigenvalue weighted by molar-refractivity contribution is 5.31. The third-order valence-corrected chi connectivity index (χ3v) is 2.09. The Labute approximate surface area is 79.4 Å². The van der Waals surface area contributed by atoms with Gasteiger partial charge in [-0.2, -0.15) is 5.10 Å². The Balaban J connectivity index is 3.30. The molecule has 0 saturated carbocycles. The zero-order valence-corrected chi connectivity index (χ0v) is 9.05. The van der Waals surface area contributed by atoms with Crippen molar-refractivity contribution >= 4 is 0 Å². The summed E-state index contributed by atoms with van der Waals surface area (Å²) in [5, 5.41) is 14.0. The van der Waals surface area contributed by atoms with Crippen molar-refractivity contribution in [3.05, 3.63) is 11.4 Å². The lowest BCUT2D eigenvalue weighted by Crippen LogP contribution is -2.25. The van der Waals surface area contributed by atoms with E-state index < -0.39 is 0 Å². The van der Waals surface area contributed by atoms with Crippen LogP contribution in [0.2, 0.25) is 0 Å². The van der Waals surface area contributed by atoms with Crippen LogP contribution >= 0.6 is 0 Å². The van der Waals surface area contributed by atoms with Gasteiger partial charge in [0.25, 0.3) is 0 Å². The van der Waals surface area contributed by atoms with Gasteiger partial charge in [0.2, 0.25) is 0 Å². The smallest absolute Gasteiger partial charge is 0.159 e. The SMILES string of the molecule is CCc1c(O)c(C)nn1C(C)(C)C. The molecule has 1 aromatic heterocycles. The van der Waals surface area contributed by atoms with Gasteiger partial charge in [0.1, 0.15) is 5.69 Å². The average Bonchev–Trinajstić information content (AvgIpc) is 2.28. The van der Waals surface area contributed by atoms with Crippen molar-refractivity contribution in [3.63, 3.8) is 0 Å². The van der Waals surface area contributed by atoms with Gasteiger partial charge in [0, 0.05) is 0 Å². The molecule has 1 heterocycles. The number of nitrogens with zero attached hydrogens (tertiary/aromatic N) is 2. The first-order chi connectivity index (χ1) is 5.88. The highest BCUT2D eigenvalue weighted by Crippen LogP contribution is 2.26. The number of hydrogen-bond acceptors (Lipinski definition) is 2. The topological polar surface area (TPSA) is 38.1 Å². The summed E-state index contributed by atoms with van der Waals surface area (Å²) in [6, 6.07) is 0. The maximum Gasteiger partial charge on any atom is 0.159 e. The normalized spacial score (nSPS) is 12.1. The van der Waals surface area contributed by atoms with Crippen LogP contribution in [0, 0.1) is 6.92 Å². The van der Waals surface area contributed by atoms with E-state index in [1.165, 1.54) is 0 Å². The summed E-state index contributed by atoms with van der Waals surface area (Å²) < 4.78 is 1.90. The summed E-state index contributed by atoms with van der Waals surface area (Å²) >= 11 is 0. The molecule has 0 unspecified atom stereocenters. The van der Waals surface area contributed by atoms with Gasteiger partial charge in [-0.05, 0) is 34.1 Å². The summed E-state index contributed by atoms with van der Waals surface area (Å²) in [5.41, 5.74) is 1.58. The third-order valence-electron chi connectivity index (χ3n) is 2.09. The summed E-state index contributed by atoms with van der Waals surface area (Å²) in [6.07, 6.45) is 0.809. The predicted octanol–water partition coefficient (Wildman–Crippen LogP) is 2.21. The van der Waals surface area contributed by atoms with Gasteiger partial charge < -0.3 is 5.11 Å². The van der Waals surface area contributed by atoms with Crippen molar-refractivity contribution < 1.29 is 5.11 Å². The van der Waals surface area contributed by atoms with Crippen molar-refractivity contribution in [3.8, 4) is 5.75 Å². The van der Waals surface area contributed by atoms with E-state index in [0.717, 1.165) is 12.1 Å². The molecule has 0 aliphatic rings. The zero-order chi connectivity index (χ0) is 10.2. The average molecular weight is 182 g/mol. The highest BCUT2D eigenvalue weighted by Gasteiger charge is 2.21. The molecule has 0 aromatic carbocycles. The van der Waals surface area contributed by atoms with Gasteiger partial charge in [-0.15, -0.1) is 0 Å². The largest absolute Gasteiger partial charge is 0.504 e. The lowest BCUT2D eigenvalue weighted by atomic mass is 10.1. The molecule has 3 nitrogen and oxygen atoms in total. The second-order valence-corrected chi connectivity index (χ2v) is 4.32. The van der Waals surface area contributed by atoms with Crippen molar-refractivity contribution in [1.29, 1.82) is 0 Å². The van der Waals surface area contributed by atoms with Crippen molar-refractivity contribution in [2.45, 2.75) is 46.6 Å². The molecule has 0 saturated heterocycles. The zero-order valence-electron chi connectivity index (χ0n) is 9.05. The van der Waals surface area contributed by atoms with E-state index in [0.29, 0.717) is 11.4 Å². The molecule has 74 valence electrons. The maximum atomic E-state index is 9.70. The van der Waals surface area contributed by atoms with Crippen LogP contribution in [0.5, 0.6) is 5.75 Å². The van der Waals surface area contributed by atoms with Crippen molar-refractivity contribution in [1.82, 2.24) is 9.78 Å². The van der Waals surface area contributed by atoms with Gasteiger partial charge in [0.05, 0.1) is 11.2 Å². The van der Waals surface area contributed by atoms with Gasteiger partial charge in [-0.1, -0.05) is 6.92 Å². The van der Waals surface area contributed by atoms with E-state index in [9.17, 15) is 5.11 Å². The number of aryl methyl sites for hydroxylation is 1. The van der Waals surface area contributed by atoms with Gasteiger partial charge >= 0.3 is 0 Å². The minimum atomic E-state index is -0.0584. The molecule has 0 radical (unpaired) electrons. The van der Waals surface area contributed by atoms with Crippen LogP contribution in [-0.2, 0) is 12.0 Å². The van der Waals surface area contributed by atoms with Gasteiger partial charge in [-0.25, -0.2) is 0 Å². The first-order valence-electron chi connectivity index (χ1n) is 4.66. The molecule has 3 heteroatoms. The first-order valence-corrected chi connectivity index (χ1v) is 4.66. The molecule has 0 fully saturated rings. The van der Waals surface area contributed by atoms with E-state index in [1.807, 2.05) is 18.5 Å². The lowest BCUT2D eigenvalue weighted by molar-refractivity contribution is 0.339. The Bertz CT molecular complexity index is 307. The number of rotatable bonds is 1. The van der Waals surface area contributed by atoms with Gasteiger partial charge in [0.15, 0.2) is 5.75 Å². The minimum absolute atomic E-state index is 0.0584. The molecule has 13 heavy (non-hydrogen) atoms. The van der Waals surface area contributed by atoms with E-state index >= 15 is 0 Å². The van der Waals surface area contributed by atoms with Gasteiger partial charge in [-0.3, -0.25) is 4.68 Å². The van der Waals surface area contributed by atoms with Crippen LogP contribution in [-0.4, -0.2) is 14.9 Å². The third kappa shape index (κ3) is 1.69. The molecule has 0 spiro atoms. The van der Waals surface area contributed by atoms with E-state index in [4.69, 9.17) is 0 Å². The van der Waals surface area contributed by atoms with E-state index in [2.05, 4.69) is 25.9 Å². The molecule has 1 rings (SSSR count). The molecule has 0 amide bonds. The van der Waals surface area contributed by atoms with E-state index in [1.54, 1.807) is 0 Å². The summed E-state index contributed by atoms with van der Waals surface area (Å²) in [5.74, 6) is 0.345.